The van der Waals surface area contributed by atoms with Crippen LogP contribution in [-0.2, 0) is 4.74 Å². The Kier molecular flexibility index (Phi) is 8.16. The Morgan fingerprint density at radius 3 is 2.74 bits per heavy atom. The lowest BCUT2D eigenvalue weighted by Gasteiger charge is -2.21. The van der Waals surface area contributed by atoms with Crippen molar-refractivity contribution in [3.63, 3.8) is 0 Å². The lowest BCUT2D eigenvalue weighted by atomic mass is 9.90. The number of halogens is 2. The summed E-state index contributed by atoms with van der Waals surface area (Å²) in [6.07, 6.45) is 14.1. The van der Waals surface area contributed by atoms with Crippen molar-refractivity contribution in [2.75, 3.05) is 19.9 Å². The highest BCUT2D eigenvalue weighted by atomic mass is 19.1. The molecular formula is C16H22F2O. The molecule has 1 aliphatic rings. The second-order valence-corrected chi connectivity index (χ2v) is 4.87. The zero-order valence-electron chi connectivity index (χ0n) is 11.3. The zero-order chi connectivity index (χ0) is 13.9. The van der Waals surface area contributed by atoms with Crippen LogP contribution in [-0.4, -0.2) is 26.1 Å². The summed E-state index contributed by atoms with van der Waals surface area (Å²) >= 11 is 0. The molecular weight excluding hydrogens is 246 g/mol. The molecule has 1 aliphatic carbocycles. The van der Waals surface area contributed by atoms with E-state index in [0.717, 1.165) is 0 Å². The third-order valence-electron chi connectivity index (χ3n) is 3.35. The SMILES string of the molecule is C#CC(F)/C(=C\C=C/CF)COCC1CCCCC1. The van der Waals surface area contributed by atoms with E-state index < -0.39 is 12.8 Å². The van der Waals surface area contributed by atoms with E-state index in [9.17, 15) is 8.78 Å². The van der Waals surface area contributed by atoms with Crippen LogP contribution in [0, 0.1) is 18.3 Å². The molecule has 0 aromatic heterocycles. The van der Waals surface area contributed by atoms with Gasteiger partial charge in [0.15, 0.2) is 6.17 Å². The quantitative estimate of drug-likeness (QED) is 0.501. The molecule has 1 atom stereocenters. The van der Waals surface area contributed by atoms with Gasteiger partial charge in [-0.05, 0) is 18.8 Å². The minimum atomic E-state index is -1.46. The fraction of sp³-hybridized carbons (Fsp3) is 0.625. The van der Waals surface area contributed by atoms with Crippen LogP contribution in [0.1, 0.15) is 32.1 Å². The van der Waals surface area contributed by atoms with Gasteiger partial charge in [-0.3, -0.25) is 0 Å². The van der Waals surface area contributed by atoms with Gasteiger partial charge in [-0.1, -0.05) is 43.4 Å². The first-order valence-electron chi connectivity index (χ1n) is 6.87. The number of alkyl halides is 2. The minimum Gasteiger partial charge on any atom is -0.377 e. The molecule has 0 saturated heterocycles. The number of hydrogen-bond acceptors (Lipinski definition) is 1. The molecule has 0 aromatic carbocycles. The van der Waals surface area contributed by atoms with Gasteiger partial charge in [0, 0.05) is 12.2 Å². The number of allylic oxidation sites excluding steroid dienone is 3. The summed E-state index contributed by atoms with van der Waals surface area (Å²) in [4.78, 5) is 0. The van der Waals surface area contributed by atoms with Crippen LogP contribution in [0.3, 0.4) is 0 Å². The van der Waals surface area contributed by atoms with Gasteiger partial charge >= 0.3 is 0 Å². The van der Waals surface area contributed by atoms with E-state index >= 15 is 0 Å². The maximum Gasteiger partial charge on any atom is 0.184 e. The van der Waals surface area contributed by atoms with Gasteiger partial charge < -0.3 is 4.74 Å². The number of terminal acetylenes is 1. The molecule has 0 radical (unpaired) electrons. The van der Waals surface area contributed by atoms with Gasteiger partial charge in [0.1, 0.15) is 6.67 Å². The van der Waals surface area contributed by atoms with Gasteiger partial charge in [-0.25, -0.2) is 8.78 Å². The molecule has 0 aromatic rings. The molecule has 1 fully saturated rings. The van der Waals surface area contributed by atoms with Crippen LogP contribution in [0.5, 0.6) is 0 Å². The Bertz CT molecular complexity index is 335. The summed E-state index contributed by atoms with van der Waals surface area (Å²) in [7, 11) is 0. The van der Waals surface area contributed by atoms with Gasteiger partial charge in [-0.2, -0.15) is 0 Å². The molecule has 1 unspecified atom stereocenters. The molecule has 0 N–H and O–H groups in total. The van der Waals surface area contributed by atoms with Crippen LogP contribution in [0.25, 0.3) is 0 Å². The summed E-state index contributed by atoms with van der Waals surface area (Å²) in [6, 6.07) is 0. The van der Waals surface area contributed by atoms with Crippen molar-refractivity contribution in [2.24, 2.45) is 5.92 Å². The van der Waals surface area contributed by atoms with Crippen LogP contribution in [0.2, 0.25) is 0 Å². The Morgan fingerprint density at radius 2 is 2.11 bits per heavy atom. The van der Waals surface area contributed by atoms with E-state index in [1.165, 1.54) is 50.3 Å². The standard InChI is InChI=1S/C16H22F2O/c1-2-16(18)15(10-6-7-11-17)13-19-12-14-8-4-3-5-9-14/h1,6-7,10,14,16H,3-5,8-9,11-13H2/b7-6-,15-10-. The molecule has 1 nitrogen and oxygen atoms in total. The highest BCUT2D eigenvalue weighted by molar-refractivity contribution is 5.24. The first kappa shape index (κ1) is 15.9. The van der Waals surface area contributed by atoms with E-state index in [4.69, 9.17) is 11.2 Å². The molecule has 1 saturated carbocycles. The van der Waals surface area contributed by atoms with Gasteiger partial charge in [-0.15, -0.1) is 6.42 Å². The summed E-state index contributed by atoms with van der Waals surface area (Å²) < 4.78 is 31.0. The van der Waals surface area contributed by atoms with E-state index in [1.807, 2.05) is 5.92 Å². The number of rotatable bonds is 7. The molecule has 0 spiro atoms. The Balaban J connectivity index is 2.37. The van der Waals surface area contributed by atoms with Crippen molar-refractivity contribution >= 4 is 0 Å². The predicted molar refractivity (Wildman–Crippen MR) is 74.3 cm³/mol. The molecule has 0 heterocycles. The molecule has 1 rings (SSSR count). The fourth-order valence-electron chi connectivity index (χ4n) is 2.25. The van der Waals surface area contributed by atoms with Crippen LogP contribution >= 0.6 is 0 Å². The Labute approximate surface area is 114 Å². The van der Waals surface area contributed by atoms with E-state index in [1.54, 1.807) is 0 Å². The Hall–Kier alpha value is -1.14. The maximum absolute atomic E-state index is 13.5. The zero-order valence-corrected chi connectivity index (χ0v) is 11.3. The normalized spacial score (nSPS) is 19.5. The van der Waals surface area contributed by atoms with Gasteiger partial charge in [0.2, 0.25) is 0 Å². The van der Waals surface area contributed by atoms with Crippen molar-refractivity contribution in [3.8, 4) is 12.3 Å². The second-order valence-electron chi connectivity index (χ2n) is 4.87. The third-order valence-corrected chi connectivity index (χ3v) is 3.35. The molecule has 106 valence electrons. The molecule has 0 aliphatic heterocycles. The summed E-state index contributed by atoms with van der Waals surface area (Å²) in [5, 5.41) is 0. The molecule has 0 bridgehead atoms. The van der Waals surface area contributed by atoms with Crippen molar-refractivity contribution < 1.29 is 13.5 Å². The van der Waals surface area contributed by atoms with Crippen molar-refractivity contribution in [2.45, 2.75) is 38.3 Å². The Morgan fingerprint density at radius 1 is 1.37 bits per heavy atom. The average Bonchev–Trinajstić information content (AvgIpc) is 2.46. The van der Waals surface area contributed by atoms with Crippen LogP contribution in [0.15, 0.2) is 23.8 Å². The van der Waals surface area contributed by atoms with Gasteiger partial charge in [0.05, 0.1) is 6.61 Å². The first-order chi connectivity index (χ1) is 9.27. The highest BCUT2D eigenvalue weighted by Gasteiger charge is 2.15. The monoisotopic (exact) mass is 268 g/mol. The van der Waals surface area contributed by atoms with Gasteiger partial charge in [0.25, 0.3) is 0 Å². The summed E-state index contributed by atoms with van der Waals surface area (Å²) in [5.74, 6) is 2.62. The smallest absolute Gasteiger partial charge is 0.184 e. The number of hydrogen-bond donors (Lipinski definition) is 0. The molecule has 0 amide bonds. The predicted octanol–water partition coefficient (Wildman–Crippen LogP) is 4.01. The third kappa shape index (κ3) is 6.54. The van der Waals surface area contributed by atoms with E-state index in [-0.39, 0.29) is 6.61 Å². The van der Waals surface area contributed by atoms with Crippen LogP contribution in [0.4, 0.5) is 8.78 Å². The maximum atomic E-state index is 13.5. The summed E-state index contributed by atoms with van der Waals surface area (Å²) in [5.41, 5.74) is 0.378. The van der Waals surface area contributed by atoms with Crippen LogP contribution < -0.4 is 0 Å². The fourth-order valence-corrected chi connectivity index (χ4v) is 2.25. The highest BCUT2D eigenvalue weighted by Crippen LogP contribution is 2.24. The largest absolute Gasteiger partial charge is 0.377 e. The van der Waals surface area contributed by atoms with Crippen molar-refractivity contribution in [3.05, 3.63) is 23.8 Å². The lowest BCUT2D eigenvalue weighted by molar-refractivity contribution is 0.0970. The van der Waals surface area contributed by atoms with Crippen molar-refractivity contribution in [1.29, 1.82) is 0 Å². The average molecular weight is 268 g/mol. The topological polar surface area (TPSA) is 9.23 Å². The lowest BCUT2D eigenvalue weighted by Crippen LogP contribution is -2.16. The molecule has 3 heteroatoms. The summed E-state index contributed by atoms with van der Waals surface area (Å²) in [6.45, 7) is 0.264. The van der Waals surface area contributed by atoms with E-state index in [2.05, 4.69) is 0 Å². The second kappa shape index (κ2) is 9.75. The minimum absolute atomic E-state index is 0.179. The number of ether oxygens (including phenoxy) is 1. The van der Waals surface area contributed by atoms with E-state index in [0.29, 0.717) is 18.1 Å². The van der Waals surface area contributed by atoms with Crippen molar-refractivity contribution in [1.82, 2.24) is 0 Å². The molecule has 19 heavy (non-hydrogen) atoms. The first-order valence-corrected chi connectivity index (χ1v) is 6.87.